The van der Waals surface area contributed by atoms with E-state index in [9.17, 15) is 4.79 Å². The molecule has 126 valence electrons. The molecule has 1 amide bonds. The number of nitrogens with zero attached hydrogens (tertiary/aromatic N) is 3. The largest absolute Gasteiger partial charge is 0.319 e. The average Bonchev–Trinajstić information content (AvgIpc) is 2.84. The topological polar surface area (TPSA) is 37.6 Å². The van der Waals surface area contributed by atoms with Crippen LogP contribution in [0.3, 0.4) is 0 Å². The summed E-state index contributed by atoms with van der Waals surface area (Å²) in [6, 6.07) is 15.7. The first-order chi connectivity index (χ1) is 11.0. The van der Waals surface area contributed by atoms with E-state index in [4.69, 9.17) is 0 Å². The summed E-state index contributed by atoms with van der Waals surface area (Å²) in [6.45, 7) is 0.858. The number of carbonyl (C=O) groups is 1. The van der Waals surface area contributed by atoms with Gasteiger partial charge in [0.2, 0.25) is 0 Å². The SMILES string of the molecule is CN(C)Cc1ccc(C(=O)N=c2sc3ccccc3n2C)cc1.Cl. The highest BCUT2D eigenvalue weighted by Gasteiger charge is 2.07. The van der Waals surface area contributed by atoms with E-state index in [1.165, 1.54) is 16.9 Å². The molecule has 0 fully saturated rings. The number of rotatable bonds is 3. The van der Waals surface area contributed by atoms with Gasteiger partial charge in [0.25, 0.3) is 5.91 Å². The van der Waals surface area contributed by atoms with Gasteiger partial charge < -0.3 is 9.47 Å². The Morgan fingerprint density at radius 1 is 1.12 bits per heavy atom. The Hall–Kier alpha value is -1.95. The van der Waals surface area contributed by atoms with Gasteiger partial charge in [-0.3, -0.25) is 4.79 Å². The molecule has 4 nitrogen and oxygen atoms in total. The fourth-order valence-electron chi connectivity index (χ4n) is 2.46. The van der Waals surface area contributed by atoms with Crippen LogP contribution < -0.4 is 4.80 Å². The molecule has 0 atom stereocenters. The molecule has 0 spiro atoms. The van der Waals surface area contributed by atoms with Crippen molar-refractivity contribution in [1.82, 2.24) is 9.47 Å². The maximum atomic E-state index is 12.4. The van der Waals surface area contributed by atoms with Crippen molar-refractivity contribution in [1.29, 1.82) is 0 Å². The zero-order valence-corrected chi connectivity index (χ0v) is 15.5. The highest BCUT2D eigenvalue weighted by Crippen LogP contribution is 2.15. The summed E-state index contributed by atoms with van der Waals surface area (Å²) in [4.78, 5) is 19.5. The normalized spacial score (nSPS) is 11.8. The molecule has 0 aliphatic carbocycles. The van der Waals surface area contributed by atoms with Gasteiger partial charge in [0.15, 0.2) is 4.80 Å². The van der Waals surface area contributed by atoms with Gasteiger partial charge in [-0.05, 0) is 43.9 Å². The van der Waals surface area contributed by atoms with Crippen LogP contribution in [-0.2, 0) is 13.6 Å². The van der Waals surface area contributed by atoms with Crippen LogP contribution in [0.1, 0.15) is 15.9 Å². The van der Waals surface area contributed by atoms with Crippen LogP contribution in [0.5, 0.6) is 0 Å². The quantitative estimate of drug-likeness (QED) is 0.716. The van der Waals surface area contributed by atoms with Crippen LogP contribution >= 0.6 is 23.7 Å². The lowest BCUT2D eigenvalue weighted by Gasteiger charge is -2.09. The predicted molar refractivity (Wildman–Crippen MR) is 102 cm³/mol. The number of para-hydroxylation sites is 1. The second-order valence-corrected chi connectivity index (χ2v) is 6.77. The number of hydrogen-bond donors (Lipinski definition) is 0. The summed E-state index contributed by atoms with van der Waals surface area (Å²) in [6.07, 6.45) is 0. The van der Waals surface area contributed by atoms with Crippen LogP contribution in [0, 0.1) is 0 Å². The first-order valence-electron chi connectivity index (χ1n) is 7.42. The van der Waals surface area contributed by atoms with E-state index < -0.39 is 0 Å². The Morgan fingerprint density at radius 2 is 1.79 bits per heavy atom. The number of aryl methyl sites for hydroxylation is 1. The van der Waals surface area contributed by atoms with E-state index >= 15 is 0 Å². The Labute approximate surface area is 151 Å². The monoisotopic (exact) mass is 361 g/mol. The van der Waals surface area contributed by atoms with Crippen molar-refractivity contribution in [2.24, 2.45) is 12.0 Å². The second kappa shape index (κ2) is 7.75. The van der Waals surface area contributed by atoms with Crippen LogP contribution in [0.4, 0.5) is 0 Å². The van der Waals surface area contributed by atoms with Crippen molar-refractivity contribution < 1.29 is 4.79 Å². The molecule has 3 rings (SSSR count). The van der Waals surface area contributed by atoms with E-state index in [1.54, 1.807) is 0 Å². The number of thiazole rings is 1. The van der Waals surface area contributed by atoms with Gasteiger partial charge in [0, 0.05) is 19.2 Å². The molecule has 6 heteroatoms. The molecule has 0 N–H and O–H groups in total. The number of carbonyl (C=O) groups excluding carboxylic acids is 1. The van der Waals surface area contributed by atoms with E-state index in [-0.39, 0.29) is 18.3 Å². The molecule has 0 bridgehead atoms. The van der Waals surface area contributed by atoms with Gasteiger partial charge >= 0.3 is 0 Å². The van der Waals surface area contributed by atoms with Gasteiger partial charge in [0.1, 0.15) is 0 Å². The zero-order valence-electron chi connectivity index (χ0n) is 13.9. The van der Waals surface area contributed by atoms with Gasteiger partial charge in [-0.25, -0.2) is 0 Å². The lowest BCUT2D eigenvalue weighted by Crippen LogP contribution is -2.13. The minimum absolute atomic E-state index is 0. The minimum atomic E-state index is -0.205. The first-order valence-corrected chi connectivity index (χ1v) is 8.23. The summed E-state index contributed by atoms with van der Waals surface area (Å²) in [7, 11) is 5.98. The Bertz CT molecular complexity index is 910. The lowest BCUT2D eigenvalue weighted by molar-refractivity contribution is 0.0998. The van der Waals surface area contributed by atoms with E-state index in [1.807, 2.05) is 74.2 Å². The lowest BCUT2D eigenvalue weighted by atomic mass is 10.1. The number of amides is 1. The van der Waals surface area contributed by atoms with Crippen LogP contribution in [-0.4, -0.2) is 29.5 Å². The number of halogens is 1. The van der Waals surface area contributed by atoms with Gasteiger partial charge in [0.05, 0.1) is 10.2 Å². The van der Waals surface area contributed by atoms with Crippen molar-refractivity contribution in [3.63, 3.8) is 0 Å². The molecular formula is C18H20ClN3OS. The molecule has 0 aliphatic rings. The van der Waals surface area contributed by atoms with Crippen molar-refractivity contribution in [2.75, 3.05) is 14.1 Å². The highest BCUT2D eigenvalue weighted by atomic mass is 35.5. The Morgan fingerprint density at radius 3 is 2.42 bits per heavy atom. The van der Waals surface area contributed by atoms with E-state index in [0.29, 0.717) is 10.4 Å². The third kappa shape index (κ3) is 3.93. The number of hydrogen-bond acceptors (Lipinski definition) is 3. The minimum Gasteiger partial charge on any atom is -0.319 e. The van der Waals surface area contributed by atoms with Gasteiger partial charge in [-0.1, -0.05) is 35.6 Å². The molecule has 24 heavy (non-hydrogen) atoms. The third-order valence-electron chi connectivity index (χ3n) is 3.61. The fraction of sp³-hybridized carbons (Fsp3) is 0.222. The van der Waals surface area contributed by atoms with Crippen molar-refractivity contribution in [3.8, 4) is 0 Å². The highest BCUT2D eigenvalue weighted by molar-refractivity contribution is 7.16. The molecule has 0 unspecified atom stereocenters. The molecule has 1 aromatic heterocycles. The molecule has 0 radical (unpaired) electrons. The molecule has 3 aromatic rings. The molecule has 2 aromatic carbocycles. The van der Waals surface area contributed by atoms with Crippen LogP contribution in [0.25, 0.3) is 10.2 Å². The average molecular weight is 362 g/mol. The molecule has 0 saturated carbocycles. The second-order valence-electron chi connectivity index (χ2n) is 5.76. The van der Waals surface area contributed by atoms with Gasteiger partial charge in [-0.15, -0.1) is 12.4 Å². The number of fused-ring (bicyclic) bond motifs is 1. The number of benzene rings is 2. The molecule has 0 aliphatic heterocycles. The molecular weight excluding hydrogens is 342 g/mol. The van der Waals surface area contributed by atoms with E-state index in [0.717, 1.165) is 16.8 Å². The van der Waals surface area contributed by atoms with Gasteiger partial charge in [-0.2, -0.15) is 4.99 Å². The molecule has 1 heterocycles. The smallest absolute Gasteiger partial charge is 0.279 e. The van der Waals surface area contributed by atoms with Crippen molar-refractivity contribution in [2.45, 2.75) is 6.54 Å². The molecule has 0 saturated heterocycles. The van der Waals surface area contributed by atoms with Crippen molar-refractivity contribution >= 4 is 39.9 Å². The number of aromatic nitrogens is 1. The first kappa shape index (κ1) is 18.4. The van der Waals surface area contributed by atoms with Crippen molar-refractivity contribution in [3.05, 3.63) is 64.5 Å². The Kier molecular flexibility index (Phi) is 5.94. The zero-order chi connectivity index (χ0) is 16.4. The van der Waals surface area contributed by atoms with Crippen LogP contribution in [0.15, 0.2) is 53.5 Å². The maximum absolute atomic E-state index is 12.4. The van der Waals surface area contributed by atoms with E-state index in [2.05, 4.69) is 9.89 Å². The summed E-state index contributed by atoms with van der Waals surface area (Å²) < 4.78 is 3.08. The predicted octanol–water partition coefficient (Wildman–Crippen LogP) is 3.46. The third-order valence-corrected chi connectivity index (χ3v) is 4.72. The summed E-state index contributed by atoms with van der Waals surface area (Å²) in [5, 5.41) is 0. The summed E-state index contributed by atoms with van der Waals surface area (Å²) >= 11 is 1.53. The Balaban J connectivity index is 0.00000208. The summed E-state index contributed by atoms with van der Waals surface area (Å²) in [5.41, 5.74) is 2.88. The maximum Gasteiger partial charge on any atom is 0.279 e. The van der Waals surface area contributed by atoms with Crippen LogP contribution in [0.2, 0.25) is 0 Å². The fourth-order valence-corrected chi connectivity index (χ4v) is 3.47. The summed E-state index contributed by atoms with van der Waals surface area (Å²) in [5.74, 6) is -0.205. The standard InChI is InChI=1S/C18H19N3OS.ClH/c1-20(2)12-13-8-10-14(11-9-13)17(22)19-18-21(3)15-6-4-5-7-16(15)23-18;/h4-11H,12H2,1-3H3;1H.